The van der Waals surface area contributed by atoms with E-state index in [1.165, 1.54) is 13.8 Å². The molecular weight excluding hydrogens is 490 g/mol. The molecule has 2 unspecified atom stereocenters. The smallest absolute Gasteiger partial charge is 0.369 e. The largest absolute Gasteiger partial charge is 0.416 e. The third kappa shape index (κ3) is 5.04. The third-order valence-electron chi connectivity index (χ3n) is 7.68. The number of primary amides is 1. The lowest BCUT2D eigenvalue weighted by atomic mass is 9.47. The number of amides is 2. The first kappa shape index (κ1) is 25.9. The summed E-state index contributed by atoms with van der Waals surface area (Å²) < 4.78 is 80.8. The van der Waals surface area contributed by atoms with Crippen LogP contribution in [-0.4, -0.2) is 31.8 Å². The molecule has 4 N–H and O–H groups in total. The molecular formula is C23H29F4N3O4S. The van der Waals surface area contributed by atoms with E-state index in [4.69, 9.17) is 5.73 Å². The zero-order valence-corrected chi connectivity index (χ0v) is 20.2. The molecule has 0 heterocycles. The second-order valence-electron chi connectivity index (χ2n) is 11.0. The number of hydrogen-bond donors (Lipinski definition) is 3. The molecule has 35 heavy (non-hydrogen) atoms. The van der Waals surface area contributed by atoms with E-state index in [0.29, 0.717) is 30.9 Å². The Labute approximate surface area is 201 Å². The normalized spacial score (nSPS) is 30.3. The van der Waals surface area contributed by atoms with E-state index in [0.717, 1.165) is 19.3 Å². The monoisotopic (exact) mass is 519 g/mol. The highest BCUT2D eigenvalue weighted by Gasteiger charge is 2.58. The Bertz CT molecular complexity index is 1140. The molecule has 4 bridgehead atoms. The van der Waals surface area contributed by atoms with Crippen molar-refractivity contribution >= 4 is 21.8 Å². The molecule has 4 saturated carbocycles. The molecule has 0 radical (unpaired) electrons. The van der Waals surface area contributed by atoms with Crippen LogP contribution in [0, 0.1) is 29.0 Å². The van der Waals surface area contributed by atoms with Crippen molar-refractivity contribution in [2.45, 2.75) is 75.0 Å². The highest BCUT2D eigenvalue weighted by molar-refractivity contribution is 7.89. The molecule has 1 aromatic rings. The van der Waals surface area contributed by atoms with Crippen LogP contribution in [0.15, 0.2) is 23.1 Å². The van der Waals surface area contributed by atoms with Crippen LogP contribution in [0.5, 0.6) is 0 Å². The summed E-state index contributed by atoms with van der Waals surface area (Å²) in [6, 6.07) is 0.986. The predicted octanol–water partition coefficient (Wildman–Crippen LogP) is 3.09. The lowest BCUT2D eigenvalue weighted by Crippen LogP contribution is -2.62. The zero-order valence-electron chi connectivity index (χ0n) is 19.4. The van der Waals surface area contributed by atoms with Crippen molar-refractivity contribution in [2.75, 3.05) is 0 Å². The standard InChI is InChI=1S/C23H29F4N3O4S/c1-21(2,30-35(33,34)17-7-15(23(25,26)27)3-4-16(17)24)11-18(31)29-19-13-5-12-6-14(19)10-22(8-12,9-13)20(28)32/h3-4,7,12-14,19,30H,5-6,8-11H2,1-2H3,(H2,28,32)(H,29,31). The fraction of sp³-hybridized carbons (Fsp3) is 0.652. The van der Waals surface area contributed by atoms with Gasteiger partial charge in [0.05, 0.1) is 5.56 Å². The molecule has 0 aliphatic heterocycles. The maximum absolute atomic E-state index is 14.2. The van der Waals surface area contributed by atoms with Gasteiger partial charge in [-0.1, -0.05) is 0 Å². The number of sulfonamides is 1. The predicted molar refractivity (Wildman–Crippen MR) is 118 cm³/mol. The van der Waals surface area contributed by atoms with E-state index in [-0.39, 0.29) is 36.3 Å². The Morgan fingerprint density at radius 1 is 1.11 bits per heavy atom. The molecule has 4 fully saturated rings. The van der Waals surface area contributed by atoms with Crippen molar-refractivity contribution in [2.24, 2.45) is 28.9 Å². The van der Waals surface area contributed by atoms with Crippen molar-refractivity contribution in [1.29, 1.82) is 0 Å². The van der Waals surface area contributed by atoms with Gasteiger partial charge in [-0.25, -0.2) is 17.5 Å². The Morgan fingerprint density at radius 3 is 2.26 bits per heavy atom. The summed E-state index contributed by atoms with van der Waals surface area (Å²) in [5, 5.41) is 2.99. The van der Waals surface area contributed by atoms with Crippen LogP contribution >= 0.6 is 0 Å². The zero-order chi connectivity index (χ0) is 26.0. The van der Waals surface area contributed by atoms with Gasteiger partial charge < -0.3 is 11.1 Å². The average Bonchev–Trinajstić information content (AvgIpc) is 2.68. The number of nitrogens with two attached hydrogens (primary N) is 1. The molecule has 0 aromatic heterocycles. The Kier molecular flexibility index (Phi) is 6.23. The molecule has 2 atom stereocenters. The Hall–Kier alpha value is -2.21. The topological polar surface area (TPSA) is 118 Å². The number of carbonyl (C=O) groups excluding carboxylic acids is 2. The summed E-state index contributed by atoms with van der Waals surface area (Å²) in [5.74, 6) is -1.44. The summed E-state index contributed by atoms with van der Waals surface area (Å²) in [6.45, 7) is 2.79. The Morgan fingerprint density at radius 2 is 1.71 bits per heavy atom. The average molecular weight is 520 g/mol. The minimum Gasteiger partial charge on any atom is -0.369 e. The number of halogens is 4. The van der Waals surface area contributed by atoms with Gasteiger partial charge in [-0.05, 0) is 81.9 Å². The van der Waals surface area contributed by atoms with Gasteiger partial charge in [-0.2, -0.15) is 13.2 Å². The number of benzene rings is 1. The molecule has 5 rings (SSSR count). The molecule has 0 spiro atoms. The first-order valence-corrected chi connectivity index (χ1v) is 13.0. The summed E-state index contributed by atoms with van der Waals surface area (Å²) >= 11 is 0. The molecule has 12 heteroatoms. The molecule has 4 aliphatic rings. The van der Waals surface area contributed by atoms with Crippen LogP contribution in [0.1, 0.15) is 57.9 Å². The molecule has 7 nitrogen and oxygen atoms in total. The van der Waals surface area contributed by atoms with E-state index in [2.05, 4.69) is 10.0 Å². The minimum atomic E-state index is -4.85. The quantitative estimate of drug-likeness (QED) is 0.480. The van der Waals surface area contributed by atoms with Crippen molar-refractivity contribution in [3.63, 3.8) is 0 Å². The van der Waals surface area contributed by atoms with Gasteiger partial charge in [0.1, 0.15) is 10.7 Å². The number of carbonyl (C=O) groups is 2. The van der Waals surface area contributed by atoms with Crippen molar-refractivity contribution < 1.29 is 35.6 Å². The molecule has 194 valence electrons. The third-order valence-corrected chi connectivity index (χ3v) is 9.40. The molecule has 2 amide bonds. The molecule has 4 aliphatic carbocycles. The van der Waals surface area contributed by atoms with Crippen LogP contribution in [0.2, 0.25) is 0 Å². The van der Waals surface area contributed by atoms with E-state index in [1.54, 1.807) is 0 Å². The minimum absolute atomic E-state index is 0.108. The maximum atomic E-state index is 14.2. The van der Waals surface area contributed by atoms with Crippen LogP contribution in [0.25, 0.3) is 0 Å². The van der Waals surface area contributed by atoms with E-state index in [9.17, 15) is 35.6 Å². The van der Waals surface area contributed by atoms with E-state index in [1.807, 2.05) is 0 Å². The summed E-state index contributed by atoms with van der Waals surface area (Å²) in [6.07, 6.45) is -1.36. The Balaban J connectivity index is 1.44. The van der Waals surface area contributed by atoms with Crippen LogP contribution in [-0.2, 0) is 25.8 Å². The van der Waals surface area contributed by atoms with Crippen molar-refractivity contribution in [3.05, 3.63) is 29.6 Å². The highest BCUT2D eigenvalue weighted by atomic mass is 32.2. The number of alkyl halides is 3. The fourth-order valence-electron chi connectivity index (χ4n) is 6.54. The van der Waals surface area contributed by atoms with Gasteiger partial charge in [-0.15, -0.1) is 0 Å². The van der Waals surface area contributed by atoms with Gasteiger partial charge in [0.25, 0.3) is 0 Å². The second-order valence-corrected chi connectivity index (χ2v) is 12.7. The van der Waals surface area contributed by atoms with Crippen LogP contribution in [0.3, 0.4) is 0 Å². The summed E-state index contributed by atoms with van der Waals surface area (Å²) in [5.41, 5.74) is 2.47. The lowest BCUT2D eigenvalue weighted by molar-refractivity contribution is -0.147. The van der Waals surface area contributed by atoms with E-state index < -0.39 is 49.3 Å². The van der Waals surface area contributed by atoms with Crippen molar-refractivity contribution in [3.8, 4) is 0 Å². The van der Waals surface area contributed by atoms with Gasteiger partial charge in [-0.3, -0.25) is 9.59 Å². The first-order chi connectivity index (χ1) is 16.0. The van der Waals surface area contributed by atoms with Gasteiger partial charge in [0.15, 0.2) is 0 Å². The van der Waals surface area contributed by atoms with Gasteiger partial charge in [0, 0.05) is 23.4 Å². The number of rotatable bonds is 7. The van der Waals surface area contributed by atoms with Gasteiger partial charge >= 0.3 is 6.18 Å². The fourth-order valence-corrected chi connectivity index (χ4v) is 8.06. The SMILES string of the molecule is CC(C)(CC(=O)NC1C2CC3CC1CC(C(N)=O)(C3)C2)NS(=O)(=O)c1cc(C(F)(F)F)ccc1F. The number of nitrogens with one attached hydrogen (secondary N) is 2. The summed E-state index contributed by atoms with van der Waals surface area (Å²) in [4.78, 5) is 23.8. The highest BCUT2D eigenvalue weighted by Crippen LogP contribution is 2.59. The number of hydrogen-bond acceptors (Lipinski definition) is 4. The van der Waals surface area contributed by atoms with Gasteiger partial charge in [0.2, 0.25) is 21.8 Å². The second kappa shape index (κ2) is 8.43. The summed E-state index contributed by atoms with van der Waals surface area (Å²) in [7, 11) is -4.70. The van der Waals surface area contributed by atoms with Crippen LogP contribution < -0.4 is 15.8 Å². The van der Waals surface area contributed by atoms with Crippen LogP contribution in [0.4, 0.5) is 17.6 Å². The molecule has 1 aromatic carbocycles. The molecule has 0 saturated heterocycles. The van der Waals surface area contributed by atoms with Crippen molar-refractivity contribution in [1.82, 2.24) is 10.0 Å². The maximum Gasteiger partial charge on any atom is 0.416 e. The first-order valence-electron chi connectivity index (χ1n) is 11.5. The van der Waals surface area contributed by atoms with E-state index >= 15 is 0 Å². The lowest BCUT2D eigenvalue weighted by Gasteiger charge is -2.58.